The van der Waals surface area contributed by atoms with Gasteiger partial charge in [-0.15, -0.1) is 0 Å². The summed E-state index contributed by atoms with van der Waals surface area (Å²) in [5.41, 5.74) is 1.37. The van der Waals surface area contributed by atoms with E-state index < -0.39 is 23.9 Å². The smallest absolute Gasteiger partial charge is 0.338 e. The number of fused-ring (bicyclic) bond motifs is 1. The Bertz CT molecular complexity index is 1800. The first-order valence-electron chi connectivity index (χ1n) is 13.4. The van der Waals surface area contributed by atoms with Crippen LogP contribution in [0.15, 0.2) is 57.5 Å². The van der Waals surface area contributed by atoms with E-state index in [0.29, 0.717) is 31.9 Å². The third-order valence-electron chi connectivity index (χ3n) is 6.29. The maximum Gasteiger partial charge on any atom is 0.338 e. The van der Waals surface area contributed by atoms with Crippen LogP contribution in [-0.2, 0) is 19.1 Å². The Morgan fingerprint density at radius 2 is 1.56 bits per heavy atom. The van der Waals surface area contributed by atoms with Crippen LogP contribution in [0.3, 0.4) is 0 Å². The lowest BCUT2D eigenvalue weighted by Crippen LogP contribution is -2.40. The van der Waals surface area contributed by atoms with Crippen molar-refractivity contribution in [3.05, 3.63) is 78.5 Å². The molecule has 0 fully saturated rings. The minimum absolute atomic E-state index is 0.0943. The van der Waals surface area contributed by atoms with E-state index >= 15 is 0 Å². The van der Waals surface area contributed by atoms with E-state index in [1.54, 1.807) is 49.4 Å². The Balaban J connectivity index is 1.90. The van der Waals surface area contributed by atoms with Crippen molar-refractivity contribution in [1.82, 2.24) is 4.57 Å². The lowest BCUT2D eigenvalue weighted by molar-refractivity contribution is -0.140. The zero-order chi connectivity index (χ0) is 31.4. The second-order valence-electron chi connectivity index (χ2n) is 10.1. The monoisotopic (exact) mass is 608 g/mol. The van der Waals surface area contributed by atoms with Gasteiger partial charge in [-0.1, -0.05) is 37.3 Å². The number of ether oxygens (including phenoxy) is 5. The molecule has 1 atom stereocenters. The molecule has 1 aromatic heterocycles. The van der Waals surface area contributed by atoms with Gasteiger partial charge in [-0.3, -0.25) is 19.0 Å². The van der Waals surface area contributed by atoms with Crippen LogP contribution >= 0.6 is 11.3 Å². The number of benzene rings is 2. The maximum absolute atomic E-state index is 14.0. The van der Waals surface area contributed by atoms with Gasteiger partial charge in [0.2, 0.25) is 0 Å². The summed E-state index contributed by atoms with van der Waals surface area (Å²) >= 11 is 1.16. The molecule has 1 aliphatic heterocycles. The Hall–Kier alpha value is -4.71. The molecule has 3 aromatic rings. The summed E-state index contributed by atoms with van der Waals surface area (Å²) in [4.78, 5) is 55.5. The molecule has 11 nitrogen and oxygen atoms in total. The van der Waals surface area contributed by atoms with Crippen molar-refractivity contribution in [2.24, 2.45) is 10.9 Å². The number of aromatic nitrogens is 1. The van der Waals surface area contributed by atoms with Gasteiger partial charge in [0.05, 0.1) is 42.7 Å². The topological polar surface area (TPSA) is 132 Å². The van der Waals surface area contributed by atoms with E-state index in [1.807, 2.05) is 13.8 Å². The molecule has 0 saturated heterocycles. The molecule has 0 spiro atoms. The molecule has 0 amide bonds. The van der Waals surface area contributed by atoms with Crippen LogP contribution in [0.25, 0.3) is 6.08 Å². The zero-order valence-corrected chi connectivity index (χ0v) is 25.7. The van der Waals surface area contributed by atoms with Crippen LogP contribution < -0.4 is 33.8 Å². The first-order valence-corrected chi connectivity index (χ1v) is 14.2. The molecule has 0 saturated carbocycles. The van der Waals surface area contributed by atoms with Gasteiger partial charge in [0, 0.05) is 13.8 Å². The quantitative estimate of drug-likeness (QED) is 0.265. The van der Waals surface area contributed by atoms with Crippen molar-refractivity contribution in [2.75, 3.05) is 20.8 Å². The lowest BCUT2D eigenvalue weighted by atomic mass is 9.95. The van der Waals surface area contributed by atoms with E-state index in [1.165, 1.54) is 32.6 Å². The second-order valence-corrected chi connectivity index (χ2v) is 11.1. The zero-order valence-electron chi connectivity index (χ0n) is 24.9. The first kappa shape index (κ1) is 31.2. The molecule has 2 heterocycles. The molecule has 0 aliphatic carbocycles. The summed E-state index contributed by atoms with van der Waals surface area (Å²) in [6.45, 7) is 8.30. The van der Waals surface area contributed by atoms with E-state index in [4.69, 9.17) is 23.7 Å². The number of carbonyl (C=O) groups excluding carboxylic acids is 3. The van der Waals surface area contributed by atoms with Gasteiger partial charge in [-0.05, 0) is 54.3 Å². The van der Waals surface area contributed by atoms with Crippen molar-refractivity contribution < 1.29 is 38.1 Å². The van der Waals surface area contributed by atoms with Gasteiger partial charge in [0.1, 0.15) is 0 Å². The predicted molar refractivity (Wildman–Crippen MR) is 158 cm³/mol. The fourth-order valence-corrected chi connectivity index (χ4v) is 5.52. The van der Waals surface area contributed by atoms with Gasteiger partial charge in [-0.2, -0.15) is 0 Å². The maximum atomic E-state index is 14.0. The van der Waals surface area contributed by atoms with Crippen molar-refractivity contribution in [3.8, 4) is 23.0 Å². The molecule has 0 radical (unpaired) electrons. The minimum Gasteiger partial charge on any atom is -0.493 e. The molecule has 2 aromatic carbocycles. The number of carbonyl (C=O) groups is 3. The van der Waals surface area contributed by atoms with Gasteiger partial charge >= 0.3 is 17.9 Å². The number of hydrogen-bond acceptors (Lipinski definition) is 11. The molecule has 4 rings (SSSR count). The summed E-state index contributed by atoms with van der Waals surface area (Å²) in [6, 6.07) is 8.84. The molecule has 1 aliphatic rings. The largest absolute Gasteiger partial charge is 0.493 e. The number of thiazole rings is 1. The number of methoxy groups -OCH3 is 2. The Morgan fingerprint density at radius 1 is 0.953 bits per heavy atom. The Morgan fingerprint density at radius 3 is 2.14 bits per heavy atom. The number of rotatable bonds is 9. The third kappa shape index (κ3) is 6.86. The van der Waals surface area contributed by atoms with E-state index in [9.17, 15) is 19.2 Å². The summed E-state index contributed by atoms with van der Waals surface area (Å²) < 4.78 is 28.7. The number of esters is 3. The number of allylic oxidation sites excluding steroid dienone is 1. The molecule has 0 bridgehead atoms. The fraction of sp³-hybridized carbons (Fsp3) is 0.323. The number of nitrogens with zero attached hydrogens (tertiary/aromatic N) is 2. The third-order valence-corrected chi connectivity index (χ3v) is 7.27. The van der Waals surface area contributed by atoms with Crippen LogP contribution in [0.2, 0.25) is 0 Å². The number of hydrogen-bond donors (Lipinski definition) is 0. The Kier molecular flexibility index (Phi) is 9.50. The lowest BCUT2D eigenvalue weighted by Gasteiger charge is -2.25. The first-order chi connectivity index (χ1) is 20.4. The molecular formula is C31H32N2O9S. The van der Waals surface area contributed by atoms with E-state index in [0.717, 1.165) is 11.3 Å². The van der Waals surface area contributed by atoms with Crippen LogP contribution in [0.5, 0.6) is 23.0 Å². The van der Waals surface area contributed by atoms with Gasteiger partial charge in [0.25, 0.3) is 5.56 Å². The van der Waals surface area contributed by atoms with Crippen LogP contribution in [-0.4, -0.2) is 43.3 Å². The fourth-order valence-electron chi connectivity index (χ4n) is 4.48. The molecule has 43 heavy (non-hydrogen) atoms. The molecule has 1 unspecified atom stereocenters. The standard InChI is InChI=1S/C31H32N2O9S/c1-16(2)15-40-30(37)27-17(3)32-31-33(28(27)21-9-11-23(42-19(5)35)25(14-21)39-7)29(36)26(43-31)13-20-8-10-22(41-18(4)34)24(12-20)38-6/h8-14,16,28H,15H2,1-7H3/b26-13+. The Labute approximate surface area is 251 Å². The van der Waals surface area contributed by atoms with Gasteiger partial charge in [-0.25, -0.2) is 9.79 Å². The van der Waals surface area contributed by atoms with Crippen LogP contribution in [0.1, 0.15) is 51.8 Å². The van der Waals surface area contributed by atoms with Gasteiger partial charge in [0.15, 0.2) is 27.8 Å². The summed E-state index contributed by atoms with van der Waals surface area (Å²) in [5.74, 6) is -0.498. The SMILES string of the molecule is COc1cc(/C=c2/sc3n(c2=O)C(c2ccc(OC(C)=O)c(OC)c2)C(C(=O)OCC(C)C)=C(C)N=3)ccc1OC(C)=O. The summed E-state index contributed by atoms with van der Waals surface area (Å²) in [5, 5.41) is 0. The van der Waals surface area contributed by atoms with Crippen molar-refractivity contribution in [2.45, 2.75) is 40.7 Å². The summed E-state index contributed by atoms with van der Waals surface area (Å²) in [7, 11) is 2.88. The van der Waals surface area contributed by atoms with Crippen molar-refractivity contribution >= 4 is 35.3 Å². The molecule has 0 N–H and O–H groups in total. The highest BCUT2D eigenvalue weighted by Crippen LogP contribution is 2.36. The summed E-state index contributed by atoms with van der Waals surface area (Å²) in [6.07, 6.45) is 1.67. The second kappa shape index (κ2) is 13.1. The van der Waals surface area contributed by atoms with Gasteiger partial charge < -0.3 is 23.7 Å². The predicted octanol–water partition coefficient (Wildman–Crippen LogP) is 3.30. The highest BCUT2D eigenvalue weighted by molar-refractivity contribution is 7.07. The van der Waals surface area contributed by atoms with E-state index in [2.05, 4.69) is 4.99 Å². The van der Waals surface area contributed by atoms with E-state index in [-0.39, 0.29) is 40.9 Å². The highest BCUT2D eigenvalue weighted by atomic mass is 32.1. The average Bonchev–Trinajstić information content (AvgIpc) is 3.25. The van der Waals surface area contributed by atoms with Crippen LogP contribution in [0.4, 0.5) is 0 Å². The molecule has 226 valence electrons. The van der Waals surface area contributed by atoms with Crippen molar-refractivity contribution in [3.63, 3.8) is 0 Å². The van der Waals surface area contributed by atoms with Crippen LogP contribution in [0, 0.1) is 5.92 Å². The normalized spacial score (nSPS) is 14.6. The van der Waals surface area contributed by atoms with Crippen molar-refractivity contribution in [1.29, 1.82) is 0 Å². The molecule has 12 heteroatoms. The average molecular weight is 609 g/mol. The molecular weight excluding hydrogens is 576 g/mol. The minimum atomic E-state index is -0.904. The highest BCUT2D eigenvalue weighted by Gasteiger charge is 2.34.